The number of ether oxygens (including phenoxy) is 2. The number of carbonyl (C=O) groups excluding carboxylic acids is 1. The van der Waals surface area contributed by atoms with Crippen molar-refractivity contribution in [3.05, 3.63) is 70.9 Å². The Bertz CT molecular complexity index is 1140. The summed E-state index contributed by atoms with van der Waals surface area (Å²) in [7, 11) is 0. The quantitative estimate of drug-likeness (QED) is 0.317. The number of hydrogen-bond donors (Lipinski definition) is 5. The highest BCUT2D eigenvalue weighted by Crippen LogP contribution is 2.35. The van der Waals surface area contributed by atoms with Gasteiger partial charge in [0.1, 0.15) is 31.0 Å². The summed E-state index contributed by atoms with van der Waals surface area (Å²) in [6, 6.07) is 12.7. The first kappa shape index (κ1) is 24.3. The first-order valence-electron chi connectivity index (χ1n) is 11.1. The van der Waals surface area contributed by atoms with Crippen molar-refractivity contribution in [2.24, 2.45) is 0 Å². The summed E-state index contributed by atoms with van der Waals surface area (Å²) < 4.78 is 12.4. The third-order valence-electron chi connectivity index (χ3n) is 6.19. The summed E-state index contributed by atoms with van der Waals surface area (Å²) in [6.07, 6.45) is -3.94. The molecule has 1 saturated heterocycles. The Morgan fingerprint density at radius 3 is 2.44 bits per heavy atom. The van der Waals surface area contributed by atoms with Crippen molar-refractivity contribution in [3.8, 4) is 0 Å². The molecule has 0 radical (unpaired) electrons. The van der Waals surface area contributed by atoms with Gasteiger partial charge in [-0.1, -0.05) is 24.3 Å². The van der Waals surface area contributed by atoms with Crippen LogP contribution in [0, 0.1) is 6.92 Å². The van der Waals surface area contributed by atoms with E-state index in [0.29, 0.717) is 12.0 Å². The summed E-state index contributed by atoms with van der Waals surface area (Å²) in [5.74, 6) is -0.504. The minimum Gasteiger partial charge on any atom is -0.460 e. The molecule has 1 aromatic heterocycles. The highest BCUT2D eigenvalue weighted by molar-refractivity contribution is 5.90. The number of hydrogen-bond acceptors (Lipinski definition) is 8. The highest BCUT2D eigenvalue weighted by atomic mass is 16.6. The van der Waals surface area contributed by atoms with Crippen LogP contribution in [0.5, 0.6) is 0 Å². The van der Waals surface area contributed by atoms with Gasteiger partial charge in [0.25, 0.3) is 0 Å². The Kier molecular flexibility index (Phi) is 7.32. The molecule has 5 atom stereocenters. The molecule has 0 bridgehead atoms. The van der Waals surface area contributed by atoms with Gasteiger partial charge in [0, 0.05) is 11.6 Å². The Morgan fingerprint density at radius 1 is 1.03 bits per heavy atom. The fourth-order valence-corrected chi connectivity index (χ4v) is 4.44. The molecule has 1 aliphatic rings. The predicted molar refractivity (Wildman–Crippen MR) is 122 cm³/mol. The van der Waals surface area contributed by atoms with Crippen LogP contribution in [0.4, 0.5) is 0 Å². The summed E-state index contributed by atoms with van der Waals surface area (Å²) >= 11 is 0. The number of aliphatic hydroxyl groups excluding tert-OH is 5. The molecule has 1 aliphatic heterocycles. The maximum absolute atomic E-state index is 12.0. The van der Waals surface area contributed by atoms with Crippen molar-refractivity contribution >= 4 is 16.9 Å². The number of fused-ring (bicyclic) bond motifs is 1. The first-order valence-corrected chi connectivity index (χ1v) is 11.1. The lowest BCUT2D eigenvalue weighted by Crippen LogP contribution is -2.56. The van der Waals surface area contributed by atoms with E-state index in [1.807, 2.05) is 43.5 Å². The lowest BCUT2D eigenvalue weighted by Gasteiger charge is -2.40. The smallest absolute Gasteiger partial charge is 0.338 e. The SMILES string of the molecule is Cc1cccc2c1c(Cc1ccc(C(=O)OCCO)cc1)cn2[C@@H]1O[C@H](CO)[C@@H](O)[C@H](O)[C@H]1O. The number of aryl methyl sites for hydroxylation is 1. The van der Waals surface area contributed by atoms with Crippen LogP contribution >= 0.6 is 0 Å². The molecule has 2 aromatic carbocycles. The first-order chi connectivity index (χ1) is 16.3. The molecule has 9 heteroatoms. The van der Waals surface area contributed by atoms with Crippen molar-refractivity contribution in [2.75, 3.05) is 19.8 Å². The molecule has 0 aliphatic carbocycles. The molecule has 0 spiro atoms. The molecule has 5 N–H and O–H groups in total. The van der Waals surface area contributed by atoms with Crippen LogP contribution < -0.4 is 0 Å². The number of aliphatic hydroxyl groups is 5. The average molecular weight is 472 g/mol. The highest BCUT2D eigenvalue weighted by Gasteiger charge is 2.44. The van der Waals surface area contributed by atoms with Gasteiger partial charge < -0.3 is 39.6 Å². The van der Waals surface area contributed by atoms with E-state index in [1.165, 1.54) is 0 Å². The molecular weight excluding hydrogens is 442 g/mol. The van der Waals surface area contributed by atoms with E-state index in [0.717, 1.165) is 27.6 Å². The van der Waals surface area contributed by atoms with E-state index >= 15 is 0 Å². The van der Waals surface area contributed by atoms with Gasteiger partial charge in [-0.15, -0.1) is 0 Å². The van der Waals surface area contributed by atoms with Crippen LogP contribution in [0.15, 0.2) is 48.7 Å². The van der Waals surface area contributed by atoms with Crippen LogP contribution in [0.25, 0.3) is 10.9 Å². The summed E-state index contributed by atoms with van der Waals surface area (Å²) in [6.45, 7) is 1.18. The Morgan fingerprint density at radius 2 is 1.76 bits per heavy atom. The number of esters is 1. The third kappa shape index (κ3) is 4.58. The van der Waals surface area contributed by atoms with Crippen LogP contribution in [-0.4, -0.2) is 80.3 Å². The van der Waals surface area contributed by atoms with Gasteiger partial charge in [-0.05, 0) is 48.2 Å². The molecule has 2 heterocycles. The van der Waals surface area contributed by atoms with E-state index in [9.17, 15) is 25.2 Å². The van der Waals surface area contributed by atoms with Gasteiger partial charge in [-0.25, -0.2) is 4.79 Å². The maximum Gasteiger partial charge on any atom is 0.338 e. The molecule has 182 valence electrons. The van der Waals surface area contributed by atoms with Crippen molar-refractivity contribution < 1.29 is 39.8 Å². The zero-order valence-corrected chi connectivity index (χ0v) is 18.7. The standard InChI is InChI=1S/C25H29NO8/c1-14-3-2-4-18-20(14)17(11-15-5-7-16(8-6-15)25(32)33-10-9-27)12-26(18)24-23(31)22(30)21(29)19(13-28)34-24/h2-8,12,19,21-24,27-31H,9-11,13H2,1H3/t19-,21-,22+,23-,24-/m1/s1. The molecule has 0 unspecified atom stereocenters. The van der Waals surface area contributed by atoms with E-state index in [4.69, 9.17) is 14.6 Å². The Balaban J connectivity index is 1.67. The van der Waals surface area contributed by atoms with E-state index in [-0.39, 0.29) is 13.2 Å². The van der Waals surface area contributed by atoms with E-state index < -0.39 is 43.2 Å². The number of rotatable bonds is 7. The number of benzene rings is 2. The van der Waals surface area contributed by atoms with Crippen molar-refractivity contribution in [1.29, 1.82) is 0 Å². The zero-order chi connectivity index (χ0) is 24.4. The summed E-state index contributed by atoms with van der Waals surface area (Å²) in [5.41, 5.74) is 4.07. The van der Waals surface area contributed by atoms with Gasteiger partial charge in [0.15, 0.2) is 6.23 Å². The van der Waals surface area contributed by atoms with Crippen molar-refractivity contribution in [2.45, 2.75) is 44.0 Å². The normalized spacial score (nSPS) is 24.9. The second-order valence-corrected chi connectivity index (χ2v) is 8.48. The Hall–Kier alpha value is -2.79. The van der Waals surface area contributed by atoms with Gasteiger partial charge in [-0.3, -0.25) is 0 Å². The predicted octanol–water partition coefficient (Wildman–Crippen LogP) is 0.662. The minimum atomic E-state index is -1.47. The minimum absolute atomic E-state index is 0.0582. The van der Waals surface area contributed by atoms with Gasteiger partial charge in [0.2, 0.25) is 0 Å². The monoisotopic (exact) mass is 471 g/mol. The average Bonchev–Trinajstić information content (AvgIpc) is 3.21. The van der Waals surface area contributed by atoms with Crippen LogP contribution in [0.3, 0.4) is 0 Å². The summed E-state index contributed by atoms with van der Waals surface area (Å²) in [5, 5.41) is 50.4. The number of aromatic nitrogens is 1. The summed E-state index contributed by atoms with van der Waals surface area (Å²) in [4.78, 5) is 12.0. The molecular formula is C25H29NO8. The topological polar surface area (TPSA) is 142 Å². The molecule has 1 fully saturated rings. The fraction of sp³-hybridized carbons (Fsp3) is 0.400. The second-order valence-electron chi connectivity index (χ2n) is 8.48. The fourth-order valence-electron chi connectivity index (χ4n) is 4.44. The van der Waals surface area contributed by atoms with E-state index in [2.05, 4.69) is 0 Å². The van der Waals surface area contributed by atoms with Gasteiger partial charge >= 0.3 is 5.97 Å². The molecule has 0 amide bonds. The number of carbonyl (C=O) groups is 1. The lowest BCUT2D eigenvalue weighted by molar-refractivity contribution is -0.250. The number of nitrogens with zero attached hydrogens (tertiary/aromatic N) is 1. The van der Waals surface area contributed by atoms with Gasteiger partial charge in [0.05, 0.1) is 24.3 Å². The maximum atomic E-state index is 12.0. The second kappa shape index (κ2) is 10.2. The molecule has 4 rings (SSSR count). The largest absolute Gasteiger partial charge is 0.460 e. The van der Waals surface area contributed by atoms with Crippen LogP contribution in [-0.2, 0) is 15.9 Å². The third-order valence-corrected chi connectivity index (χ3v) is 6.19. The van der Waals surface area contributed by atoms with Crippen molar-refractivity contribution in [3.63, 3.8) is 0 Å². The zero-order valence-electron chi connectivity index (χ0n) is 18.7. The molecule has 34 heavy (non-hydrogen) atoms. The molecule has 0 saturated carbocycles. The molecule has 9 nitrogen and oxygen atoms in total. The molecule has 3 aromatic rings. The van der Waals surface area contributed by atoms with Gasteiger partial charge in [-0.2, -0.15) is 0 Å². The van der Waals surface area contributed by atoms with Crippen LogP contribution in [0.1, 0.15) is 33.3 Å². The Labute approximate surface area is 196 Å². The van der Waals surface area contributed by atoms with E-state index in [1.54, 1.807) is 16.7 Å². The van der Waals surface area contributed by atoms with Crippen molar-refractivity contribution in [1.82, 2.24) is 4.57 Å². The lowest BCUT2D eigenvalue weighted by atomic mass is 9.98. The van der Waals surface area contributed by atoms with Crippen LogP contribution in [0.2, 0.25) is 0 Å².